The molecule has 1 unspecified atom stereocenters. The first-order chi connectivity index (χ1) is 11.6. The fraction of sp³-hybridized carbons (Fsp3) is 0.167. The third kappa shape index (κ3) is 2.32. The minimum atomic E-state index is -0.924. The van der Waals surface area contributed by atoms with Gasteiger partial charge >= 0.3 is 5.97 Å². The van der Waals surface area contributed by atoms with Crippen molar-refractivity contribution >= 4 is 28.6 Å². The van der Waals surface area contributed by atoms with Crippen molar-refractivity contribution in [3.63, 3.8) is 0 Å². The Bertz CT molecular complexity index is 930. The number of carboxylic acids is 1. The van der Waals surface area contributed by atoms with Crippen LogP contribution in [0.25, 0.3) is 16.7 Å². The molecule has 1 saturated heterocycles. The van der Waals surface area contributed by atoms with Gasteiger partial charge in [0.05, 0.1) is 17.0 Å². The minimum Gasteiger partial charge on any atom is -0.481 e. The quantitative estimate of drug-likeness (QED) is 0.804. The molecule has 1 aliphatic heterocycles. The lowest BCUT2D eigenvalue weighted by molar-refractivity contribution is -0.141. The van der Waals surface area contributed by atoms with Crippen molar-refractivity contribution < 1.29 is 14.7 Å². The molecule has 6 heteroatoms. The summed E-state index contributed by atoms with van der Waals surface area (Å²) in [6.45, 7) is 0.224. The molecule has 1 atom stereocenters. The second-order valence-electron chi connectivity index (χ2n) is 5.86. The normalized spacial score (nSPS) is 17.6. The Morgan fingerprint density at radius 1 is 1.08 bits per heavy atom. The summed E-state index contributed by atoms with van der Waals surface area (Å²) in [4.78, 5) is 29.0. The largest absolute Gasteiger partial charge is 0.481 e. The van der Waals surface area contributed by atoms with E-state index in [1.54, 1.807) is 6.33 Å². The Labute approximate surface area is 138 Å². The highest BCUT2D eigenvalue weighted by atomic mass is 16.4. The summed E-state index contributed by atoms with van der Waals surface area (Å²) in [6, 6.07) is 15.4. The van der Waals surface area contributed by atoms with Crippen LogP contribution in [0, 0.1) is 5.92 Å². The van der Waals surface area contributed by atoms with Crippen molar-refractivity contribution in [1.82, 2.24) is 9.55 Å². The van der Waals surface area contributed by atoms with Crippen molar-refractivity contribution in [3.05, 3.63) is 54.9 Å². The zero-order chi connectivity index (χ0) is 16.7. The second kappa shape index (κ2) is 5.49. The molecule has 3 aromatic rings. The van der Waals surface area contributed by atoms with Gasteiger partial charge in [-0.1, -0.05) is 12.1 Å². The summed E-state index contributed by atoms with van der Waals surface area (Å²) < 4.78 is 1.98. The molecule has 0 aliphatic carbocycles. The van der Waals surface area contributed by atoms with Gasteiger partial charge in [-0.25, -0.2) is 4.98 Å². The molecule has 2 heterocycles. The number of carbonyl (C=O) groups excluding carboxylic acids is 1. The van der Waals surface area contributed by atoms with Gasteiger partial charge in [0.1, 0.15) is 6.33 Å². The first-order valence-corrected chi connectivity index (χ1v) is 7.69. The topological polar surface area (TPSA) is 75.4 Å². The van der Waals surface area contributed by atoms with E-state index in [1.807, 2.05) is 53.1 Å². The molecule has 24 heavy (non-hydrogen) atoms. The van der Waals surface area contributed by atoms with Gasteiger partial charge in [-0.2, -0.15) is 0 Å². The van der Waals surface area contributed by atoms with E-state index in [2.05, 4.69) is 4.98 Å². The number of carbonyl (C=O) groups is 2. The van der Waals surface area contributed by atoms with E-state index < -0.39 is 11.9 Å². The number of benzene rings is 2. The van der Waals surface area contributed by atoms with Crippen LogP contribution in [-0.4, -0.2) is 33.1 Å². The van der Waals surface area contributed by atoms with Gasteiger partial charge in [0, 0.05) is 24.3 Å². The fourth-order valence-corrected chi connectivity index (χ4v) is 3.08. The number of hydrogen-bond donors (Lipinski definition) is 1. The maximum Gasteiger partial charge on any atom is 0.308 e. The van der Waals surface area contributed by atoms with Crippen molar-refractivity contribution in [3.8, 4) is 5.69 Å². The van der Waals surface area contributed by atoms with Crippen LogP contribution in [-0.2, 0) is 9.59 Å². The number of fused-ring (bicyclic) bond motifs is 1. The number of anilines is 1. The first kappa shape index (κ1) is 14.4. The van der Waals surface area contributed by atoms with Gasteiger partial charge in [0.15, 0.2) is 0 Å². The molecule has 1 aliphatic rings. The molecule has 1 fully saturated rings. The SMILES string of the molecule is O=C(O)C1CC(=O)N(c2ccc(-n3cnc4ccccc43)cc2)C1. The van der Waals surface area contributed by atoms with Crippen molar-refractivity contribution in [2.75, 3.05) is 11.4 Å². The molecule has 4 rings (SSSR count). The number of aromatic nitrogens is 2. The molecule has 1 aromatic heterocycles. The summed E-state index contributed by atoms with van der Waals surface area (Å²) in [5, 5.41) is 9.08. The molecular weight excluding hydrogens is 306 g/mol. The van der Waals surface area contributed by atoms with Gasteiger partial charge in [-0.05, 0) is 36.4 Å². The Balaban J connectivity index is 1.64. The summed E-state index contributed by atoms with van der Waals surface area (Å²) >= 11 is 0. The Hall–Kier alpha value is -3.15. The van der Waals surface area contributed by atoms with Gasteiger partial charge < -0.3 is 10.0 Å². The molecule has 0 spiro atoms. The van der Waals surface area contributed by atoms with Crippen LogP contribution in [0.4, 0.5) is 5.69 Å². The van der Waals surface area contributed by atoms with Gasteiger partial charge in [-0.15, -0.1) is 0 Å². The second-order valence-corrected chi connectivity index (χ2v) is 5.86. The third-order valence-electron chi connectivity index (χ3n) is 4.37. The average Bonchev–Trinajstić information content (AvgIpc) is 3.19. The standard InChI is InChI=1S/C18H15N3O3/c22-17-9-12(18(23)24)10-20(17)13-5-7-14(8-6-13)21-11-19-15-3-1-2-4-16(15)21/h1-8,11-12H,9-10H2,(H,23,24). The Morgan fingerprint density at radius 2 is 1.79 bits per heavy atom. The third-order valence-corrected chi connectivity index (χ3v) is 4.37. The van der Waals surface area contributed by atoms with Gasteiger partial charge in [0.25, 0.3) is 0 Å². The van der Waals surface area contributed by atoms with Crippen LogP contribution >= 0.6 is 0 Å². The highest BCUT2D eigenvalue weighted by Crippen LogP contribution is 2.27. The van der Waals surface area contributed by atoms with Crippen LogP contribution in [0.15, 0.2) is 54.9 Å². The van der Waals surface area contributed by atoms with Crippen LogP contribution in [0.5, 0.6) is 0 Å². The highest BCUT2D eigenvalue weighted by Gasteiger charge is 2.34. The number of para-hydroxylation sites is 2. The van der Waals surface area contributed by atoms with Gasteiger partial charge in [-0.3, -0.25) is 14.2 Å². The number of aliphatic carboxylic acids is 1. The number of hydrogen-bond acceptors (Lipinski definition) is 3. The molecule has 6 nitrogen and oxygen atoms in total. The minimum absolute atomic E-state index is 0.0588. The van der Waals surface area contributed by atoms with Crippen molar-refractivity contribution in [2.24, 2.45) is 5.92 Å². The molecule has 1 amide bonds. The summed E-state index contributed by atoms with van der Waals surface area (Å²) in [7, 11) is 0. The first-order valence-electron chi connectivity index (χ1n) is 7.69. The number of amides is 1. The maximum atomic E-state index is 12.0. The Kier molecular flexibility index (Phi) is 3.30. The van der Waals surface area contributed by atoms with Crippen LogP contribution < -0.4 is 4.90 Å². The van der Waals surface area contributed by atoms with E-state index in [0.717, 1.165) is 22.4 Å². The van der Waals surface area contributed by atoms with Gasteiger partial charge in [0.2, 0.25) is 5.91 Å². The van der Waals surface area contributed by atoms with Crippen molar-refractivity contribution in [2.45, 2.75) is 6.42 Å². The maximum absolute atomic E-state index is 12.0. The number of rotatable bonds is 3. The molecule has 0 radical (unpaired) electrons. The molecule has 1 N–H and O–H groups in total. The molecule has 2 aromatic carbocycles. The predicted octanol–water partition coefficient (Wildman–Crippen LogP) is 2.46. The van der Waals surface area contributed by atoms with Crippen LogP contribution in [0.3, 0.4) is 0 Å². The lowest BCUT2D eigenvalue weighted by atomic mass is 10.1. The van der Waals surface area contributed by atoms with Crippen molar-refractivity contribution in [1.29, 1.82) is 0 Å². The number of nitrogens with zero attached hydrogens (tertiary/aromatic N) is 3. The van der Waals surface area contributed by atoms with E-state index >= 15 is 0 Å². The van der Waals surface area contributed by atoms with Crippen LogP contribution in [0.2, 0.25) is 0 Å². The summed E-state index contributed by atoms with van der Waals surface area (Å²) in [5.41, 5.74) is 3.58. The lowest BCUT2D eigenvalue weighted by Gasteiger charge is -2.16. The molecule has 0 bridgehead atoms. The zero-order valence-corrected chi connectivity index (χ0v) is 12.8. The predicted molar refractivity (Wildman–Crippen MR) is 89.2 cm³/mol. The van der Waals surface area contributed by atoms with E-state index in [0.29, 0.717) is 0 Å². The lowest BCUT2D eigenvalue weighted by Crippen LogP contribution is -2.25. The smallest absolute Gasteiger partial charge is 0.308 e. The molecule has 0 saturated carbocycles. The Morgan fingerprint density at radius 3 is 2.50 bits per heavy atom. The van der Waals surface area contributed by atoms with E-state index in [1.165, 1.54) is 4.90 Å². The zero-order valence-electron chi connectivity index (χ0n) is 12.8. The summed E-state index contributed by atoms with van der Waals surface area (Å²) in [6.07, 6.45) is 1.82. The monoisotopic (exact) mass is 321 g/mol. The number of carboxylic acid groups (broad SMARTS) is 1. The van der Waals surface area contributed by atoms with Crippen LogP contribution in [0.1, 0.15) is 6.42 Å². The fourth-order valence-electron chi connectivity index (χ4n) is 3.08. The average molecular weight is 321 g/mol. The summed E-state index contributed by atoms with van der Waals surface area (Å²) in [5.74, 6) is -1.70. The van der Waals surface area contributed by atoms with E-state index in [9.17, 15) is 9.59 Å². The molecular formula is C18H15N3O3. The van der Waals surface area contributed by atoms with E-state index in [-0.39, 0.29) is 18.9 Å². The molecule has 120 valence electrons. The van der Waals surface area contributed by atoms with E-state index in [4.69, 9.17) is 5.11 Å². The number of imidazole rings is 1. The highest BCUT2D eigenvalue weighted by molar-refractivity contribution is 5.99.